The summed E-state index contributed by atoms with van der Waals surface area (Å²) >= 11 is 19.4. The second kappa shape index (κ2) is 11.2. The smallest absolute Gasteiger partial charge is 0.264 e. The third kappa shape index (κ3) is 5.83. The van der Waals surface area contributed by atoms with E-state index in [-0.39, 0.29) is 23.1 Å². The first-order chi connectivity index (χ1) is 16.9. The minimum atomic E-state index is -0.566. The Morgan fingerprint density at radius 1 is 0.971 bits per heavy atom. The highest BCUT2D eigenvalue weighted by molar-refractivity contribution is 8.05. The van der Waals surface area contributed by atoms with Gasteiger partial charge in [0.05, 0.1) is 15.3 Å². The lowest BCUT2D eigenvalue weighted by Crippen LogP contribution is -2.32. The molecule has 3 aromatic rings. The van der Waals surface area contributed by atoms with Gasteiger partial charge in [0.15, 0.2) is 0 Å². The number of benzene rings is 3. The van der Waals surface area contributed by atoms with Crippen molar-refractivity contribution in [2.45, 2.75) is 18.2 Å². The zero-order chi connectivity index (χ0) is 24.9. The van der Waals surface area contributed by atoms with Crippen molar-refractivity contribution >= 4 is 64.1 Å². The Bertz CT molecular complexity index is 1340. The van der Waals surface area contributed by atoms with Gasteiger partial charge in [0.1, 0.15) is 16.7 Å². The summed E-state index contributed by atoms with van der Waals surface area (Å²) in [6.45, 7) is 0.254. The normalized spacial score (nSPS) is 16.7. The number of carbonyl (C=O) groups is 2. The highest BCUT2D eigenvalue weighted by atomic mass is 35.5. The van der Waals surface area contributed by atoms with Gasteiger partial charge in [0.25, 0.3) is 5.91 Å². The molecule has 1 atom stereocenters. The highest BCUT2D eigenvalue weighted by Gasteiger charge is 2.40. The molecule has 35 heavy (non-hydrogen) atoms. The van der Waals surface area contributed by atoms with Crippen LogP contribution in [-0.2, 0) is 22.6 Å². The SMILES string of the molecule is N#C/C(C(=O)NCc1ccccc1)=C1/SC(Cc2ccc(Cl)c(Cl)c2)C(=O)N1c1ccc(Cl)cc1. The largest absolute Gasteiger partial charge is 0.347 e. The fraction of sp³-hybridized carbons (Fsp3) is 0.115. The summed E-state index contributed by atoms with van der Waals surface area (Å²) in [4.78, 5) is 27.9. The monoisotopic (exact) mass is 541 g/mol. The number of nitrogens with one attached hydrogen (secondary N) is 1. The number of amides is 2. The van der Waals surface area contributed by atoms with E-state index >= 15 is 0 Å². The first-order valence-electron chi connectivity index (χ1n) is 10.5. The topological polar surface area (TPSA) is 73.2 Å². The maximum Gasteiger partial charge on any atom is 0.264 e. The molecule has 0 aliphatic carbocycles. The molecule has 1 N–H and O–H groups in total. The van der Waals surface area contributed by atoms with Gasteiger partial charge in [-0.05, 0) is 53.9 Å². The molecule has 5 nitrogen and oxygen atoms in total. The minimum Gasteiger partial charge on any atom is -0.347 e. The van der Waals surface area contributed by atoms with E-state index < -0.39 is 11.2 Å². The molecule has 1 saturated heterocycles. The van der Waals surface area contributed by atoms with E-state index in [1.54, 1.807) is 42.5 Å². The average Bonchev–Trinajstić information content (AvgIpc) is 3.17. The maximum absolute atomic E-state index is 13.5. The van der Waals surface area contributed by atoms with Crippen LogP contribution in [0.25, 0.3) is 0 Å². The van der Waals surface area contributed by atoms with Crippen LogP contribution in [0.15, 0.2) is 83.4 Å². The second-order valence-electron chi connectivity index (χ2n) is 7.67. The first-order valence-corrected chi connectivity index (χ1v) is 12.6. The van der Waals surface area contributed by atoms with Gasteiger partial charge < -0.3 is 5.32 Å². The van der Waals surface area contributed by atoms with Crippen LogP contribution in [0.1, 0.15) is 11.1 Å². The van der Waals surface area contributed by atoms with Crippen LogP contribution in [0, 0.1) is 11.3 Å². The quantitative estimate of drug-likeness (QED) is 0.289. The Kier molecular flexibility index (Phi) is 8.04. The molecule has 0 spiro atoms. The molecule has 1 unspecified atom stereocenters. The zero-order valence-electron chi connectivity index (χ0n) is 18.2. The molecule has 9 heteroatoms. The maximum atomic E-state index is 13.5. The zero-order valence-corrected chi connectivity index (χ0v) is 21.3. The Morgan fingerprint density at radius 3 is 2.34 bits per heavy atom. The molecule has 1 aliphatic heterocycles. The van der Waals surface area contributed by atoms with E-state index in [0.29, 0.717) is 27.2 Å². The molecule has 176 valence electrons. The number of thioether (sulfide) groups is 1. The van der Waals surface area contributed by atoms with Crippen LogP contribution >= 0.6 is 46.6 Å². The molecule has 0 bridgehead atoms. The van der Waals surface area contributed by atoms with Crippen molar-refractivity contribution in [3.8, 4) is 6.07 Å². The van der Waals surface area contributed by atoms with Crippen molar-refractivity contribution < 1.29 is 9.59 Å². The van der Waals surface area contributed by atoms with E-state index in [1.165, 1.54) is 16.7 Å². The lowest BCUT2D eigenvalue weighted by Gasteiger charge is -2.19. The summed E-state index contributed by atoms with van der Waals surface area (Å²) in [6, 6.07) is 23.2. The number of carbonyl (C=O) groups excluding carboxylic acids is 2. The first kappa shape index (κ1) is 25.2. The molecule has 0 saturated carbocycles. The summed E-state index contributed by atoms with van der Waals surface area (Å²) in [5.41, 5.74) is 2.09. The summed E-state index contributed by atoms with van der Waals surface area (Å²) in [6.07, 6.45) is 0.346. The number of halogens is 3. The molecule has 0 radical (unpaired) electrons. The lowest BCUT2D eigenvalue weighted by atomic mass is 10.1. The summed E-state index contributed by atoms with van der Waals surface area (Å²) in [5, 5.41) is 13.7. The van der Waals surface area contributed by atoms with Crippen molar-refractivity contribution in [2.75, 3.05) is 4.90 Å². The van der Waals surface area contributed by atoms with Gasteiger partial charge in [0.2, 0.25) is 5.91 Å². The van der Waals surface area contributed by atoms with E-state index in [4.69, 9.17) is 34.8 Å². The van der Waals surface area contributed by atoms with Crippen LogP contribution in [-0.4, -0.2) is 17.1 Å². The van der Waals surface area contributed by atoms with Crippen LogP contribution in [0.2, 0.25) is 15.1 Å². The van der Waals surface area contributed by atoms with E-state index in [2.05, 4.69) is 5.32 Å². The Balaban J connectivity index is 1.67. The molecule has 1 heterocycles. The van der Waals surface area contributed by atoms with Gasteiger partial charge in [-0.2, -0.15) is 5.26 Å². The molecule has 4 rings (SSSR count). The van der Waals surface area contributed by atoms with Crippen molar-refractivity contribution in [1.82, 2.24) is 5.32 Å². The second-order valence-corrected chi connectivity index (χ2v) is 10.1. The Labute approximate surface area is 222 Å². The van der Waals surface area contributed by atoms with Crippen molar-refractivity contribution in [2.24, 2.45) is 0 Å². The third-order valence-corrected chi connectivity index (χ3v) is 7.55. The third-order valence-electron chi connectivity index (χ3n) is 5.29. The molecule has 1 fully saturated rings. The van der Waals surface area contributed by atoms with E-state index in [0.717, 1.165) is 11.1 Å². The van der Waals surface area contributed by atoms with Gasteiger partial charge in [-0.25, -0.2) is 0 Å². The summed E-state index contributed by atoms with van der Waals surface area (Å²) < 4.78 is 0. The molecule has 0 aromatic heterocycles. The predicted molar refractivity (Wildman–Crippen MR) is 141 cm³/mol. The molecule has 3 aromatic carbocycles. The fourth-order valence-corrected chi connectivity index (χ4v) is 5.31. The van der Waals surface area contributed by atoms with Crippen LogP contribution in [0.3, 0.4) is 0 Å². The minimum absolute atomic E-state index is 0.133. The van der Waals surface area contributed by atoms with Crippen LogP contribution in [0.5, 0.6) is 0 Å². The predicted octanol–water partition coefficient (Wildman–Crippen LogP) is 6.39. The number of anilines is 1. The lowest BCUT2D eigenvalue weighted by molar-refractivity contribution is -0.117. The Hall–Kier alpha value is -2.95. The van der Waals surface area contributed by atoms with E-state index in [1.807, 2.05) is 36.4 Å². The van der Waals surface area contributed by atoms with Gasteiger partial charge in [-0.1, -0.05) is 83.0 Å². The Morgan fingerprint density at radius 2 is 1.69 bits per heavy atom. The molecule has 1 aliphatic rings. The highest BCUT2D eigenvalue weighted by Crippen LogP contribution is 2.42. The van der Waals surface area contributed by atoms with Crippen molar-refractivity contribution in [3.05, 3.63) is 110 Å². The van der Waals surface area contributed by atoms with Crippen molar-refractivity contribution in [3.63, 3.8) is 0 Å². The average molecular weight is 543 g/mol. The number of rotatable bonds is 6. The molecular weight excluding hydrogens is 525 g/mol. The number of hydrogen-bond acceptors (Lipinski definition) is 4. The van der Waals surface area contributed by atoms with Crippen LogP contribution < -0.4 is 10.2 Å². The van der Waals surface area contributed by atoms with Crippen LogP contribution in [0.4, 0.5) is 5.69 Å². The fourth-order valence-electron chi connectivity index (χ4n) is 3.56. The summed E-state index contributed by atoms with van der Waals surface area (Å²) in [7, 11) is 0. The number of nitrogens with zero attached hydrogens (tertiary/aromatic N) is 2. The van der Waals surface area contributed by atoms with Crippen molar-refractivity contribution in [1.29, 1.82) is 5.26 Å². The van der Waals surface area contributed by atoms with Gasteiger partial charge in [-0.15, -0.1) is 0 Å². The number of hydrogen-bond donors (Lipinski definition) is 1. The standard InChI is InChI=1S/C26H18Cl3N3O2S/c27-18-7-9-19(10-8-18)32-25(34)23(13-17-6-11-21(28)22(29)12-17)35-26(32)20(14-30)24(33)31-15-16-4-2-1-3-5-16/h1-12,23H,13,15H2,(H,31,33)/b26-20-. The van der Waals surface area contributed by atoms with Gasteiger partial charge >= 0.3 is 0 Å². The number of nitriles is 1. The molecular formula is C26H18Cl3N3O2S. The van der Waals surface area contributed by atoms with Gasteiger partial charge in [-0.3, -0.25) is 14.5 Å². The summed E-state index contributed by atoms with van der Waals surface area (Å²) in [5.74, 6) is -0.803. The van der Waals surface area contributed by atoms with Gasteiger partial charge in [0, 0.05) is 17.3 Å². The van der Waals surface area contributed by atoms with E-state index in [9.17, 15) is 14.9 Å². The molecule has 2 amide bonds.